The topological polar surface area (TPSA) is 48.6 Å². The van der Waals surface area contributed by atoms with Crippen LogP contribution in [0.2, 0.25) is 0 Å². The van der Waals surface area contributed by atoms with E-state index in [4.69, 9.17) is 4.42 Å². The lowest BCUT2D eigenvalue weighted by atomic mass is 10.1. The lowest BCUT2D eigenvalue weighted by Gasteiger charge is -2.13. The van der Waals surface area contributed by atoms with Gasteiger partial charge in [-0.3, -0.25) is 0 Å². The van der Waals surface area contributed by atoms with Crippen molar-refractivity contribution in [1.82, 2.24) is 10.2 Å². The van der Waals surface area contributed by atoms with E-state index in [1.807, 2.05) is 0 Å². The maximum Gasteiger partial charge on any atom is 0.133 e. The molecule has 2 N–H and O–H groups in total. The number of aliphatic hydroxyl groups is 1. The number of aliphatic hydroxyl groups excluding tert-OH is 1. The molecule has 0 aliphatic carbocycles. The summed E-state index contributed by atoms with van der Waals surface area (Å²) in [6, 6.07) is 3.60. The van der Waals surface area contributed by atoms with Gasteiger partial charge in [-0.25, -0.2) is 0 Å². The Morgan fingerprint density at radius 1 is 1.69 bits per heavy atom. The molecule has 1 saturated heterocycles. The minimum Gasteiger partial charge on any atom is -0.467 e. The van der Waals surface area contributed by atoms with Crippen molar-refractivity contribution in [2.75, 3.05) is 33.2 Å². The van der Waals surface area contributed by atoms with E-state index in [1.54, 1.807) is 18.4 Å². The summed E-state index contributed by atoms with van der Waals surface area (Å²) in [6.07, 6.45) is 2.30. The summed E-state index contributed by atoms with van der Waals surface area (Å²) in [5, 5.41) is 13.1. The molecule has 1 aromatic rings. The highest BCUT2D eigenvalue weighted by Crippen LogP contribution is 2.14. The quantitative estimate of drug-likeness (QED) is 0.778. The predicted octanol–water partition coefficient (Wildman–Crippen LogP) is 0.854. The van der Waals surface area contributed by atoms with Gasteiger partial charge in [0.15, 0.2) is 0 Å². The Balaban J connectivity index is 1.64. The smallest absolute Gasteiger partial charge is 0.133 e. The Morgan fingerprint density at radius 2 is 2.56 bits per heavy atom. The zero-order valence-electron chi connectivity index (χ0n) is 9.72. The van der Waals surface area contributed by atoms with E-state index in [0.717, 1.165) is 13.1 Å². The largest absolute Gasteiger partial charge is 0.467 e. The van der Waals surface area contributed by atoms with Crippen LogP contribution in [0.25, 0.3) is 0 Å². The minimum absolute atomic E-state index is 0.533. The van der Waals surface area contributed by atoms with Gasteiger partial charge in [-0.15, -0.1) is 0 Å². The molecule has 0 aromatic carbocycles. The molecule has 4 nitrogen and oxygen atoms in total. The number of hydrogen-bond acceptors (Lipinski definition) is 4. The van der Waals surface area contributed by atoms with Crippen molar-refractivity contribution in [3.05, 3.63) is 24.2 Å². The maximum atomic E-state index is 9.77. The summed E-state index contributed by atoms with van der Waals surface area (Å²) < 4.78 is 5.14. The summed E-state index contributed by atoms with van der Waals surface area (Å²) in [4.78, 5) is 2.34. The number of nitrogens with zero attached hydrogens (tertiary/aromatic N) is 1. The van der Waals surface area contributed by atoms with E-state index in [0.29, 0.717) is 18.2 Å². The summed E-state index contributed by atoms with van der Waals surface area (Å²) in [5.74, 6) is 1.35. The Hall–Kier alpha value is -0.840. The molecule has 2 heterocycles. The van der Waals surface area contributed by atoms with Crippen molar-refractivity contribution in [2.45, 2.75) is 12.5 Å². The molecule has 4 heteroatoms. The van der Waals surface area contributed by atoms with E-state index < -0.39 is 6.10 Å². The highest BCUT2D eigenvalue weighted by atomic mass is 16.4. The van der Waals surface area contributed by atoms with Crippen molar-refractivity contribution in [3.63, 3.8) is 0 Å². The molecule has 0 bridgehead atoms. The molecule has 0 amide bonds. The fourth-order valence-corrected chi connectivity index (χ4v) is 2.20. The number of hydrogen-bond donors (Lipinski definition) is 2. The van der Waals surface area contributed by atoms with Gasteiger partial charge < -0.3 is 19.7 Å². The molecule has 1 aromatic heterocycles. The lowest BCUT2D eigenvalue weighted by Crippen LogP contribution is -2.28. The van der Waals surface area contributed by atoms with E-state index in [1.165, 1.54) is 13.0 Å². The normalized spacial score (nSPS) is 23.8. The number of likely N-dealkylation sites (tertiary alicyclic amines) is 1. The summed E-state index contributed by atoms with van der Waals surface area (Å²) in [6.45, 7) is 3.88. The summed E-state index contributed by atoms with van der Waals surface area (Å²) in [7, 11) is 2.15. The Morgan fingerprint density at radius 3 is 3.19 bits per heavy atom. The minimum atomic E-state index is -0.533. The average Bonchev–Trinajstić information content (AvgIpc) is 2.89. The Bertz CT molecular complexity index is 300. The third-order valence-electron chi connectivity index (χ3n) is 3.13. The third kappa shape index (κ3) is 3.07. The zero-order valence-corrected chi connectivity index (χ0v) is 9.72. The van der Waals surface area contributed by atoms with Crippen LogP contribution in [0.4, 0.5) is 0 Å². The summed E-state index contributed by atoms with van der Waals surface area (Å²) in [5.41, 5.74) is 0. The van der Waals surface area contributed by atoms with Gasteiger partial charge in [-0.1, -0.05) is 0 Å². The molecule has 1 fully saturated rings. The van der Waals surface area contributed by atoms with Crippen LogP contribution in [-0.2, 0) is 0 Å². The van der Waals surface area contributed by atoms with Crippen LogP contribution in [-0.4, -0.2) is 43.2 Å². The van der Waals surface area contributed by atoms with Gasteiger partial charge in [0.2, 0.25) is 0 Å². The van der Waals surface area contributed by atoms with E-state index in [9.17, 15) is 5.11 Å². The maximum absolute atomic E-state index is 9.77. The van der Waals surface area contributed by atoms with E-state index >= 15 is 0 Å². The standard InChI is InChI=1S/C12H20N2O2/c1-14-5-4-10(9-14)7-13-8-11(15)12-3-2-6-16-12/h2-3,6,10-11,13,15H,4-5,7-9H2,1H3. The molecule has 2 rings (SSSR count). The second kappa shape index (κ2) is 5.48. The second-order valence-corrected chi connectivity index (χ2v) is 4.61. The number of furan rings is 1. The van der Waals surface area contributed by atoms with Gasteiger partial charge in [0.25, 0.3) is 0 Å². The van der Waals surface area contributed by atoms with Crippen LogP contribution in [0.1, 0.15) is 18.3 Å². The van der Waals surface area contributed by atoms with Crippen molar-refractivity contribution in [2.24, 2.45) is 5.92 Å². The van der Waals surface area contributed by atoms with Crippen LogP contribution in [0.15, 0.2) is 22.8 Å². The molecular formula is C12H20N2O2. The van der Waals surface area contributed by atoms with Gasteiger partial charge in [-0.2, -0.15) is 0 Å². The highest BCUT2D eigenvalue weighted by Gasteiger charge is 2.19. The molecule has 0 spiro atoms. The van der Waals surface area contributed by atoms with Gasteiger partial charge in [0.1, 0.15) is 11.9 Å². The predicted molar refractivity (Wildman–Crippen MR) is 62.1 cm³/mol. The van der Waals surface area contributed by atoms with Crippen LogP contribution in [0.3, 0.4) is 0 Å². The zero-order chi connectivity index (χ0) is 11.4. The first-order chi connectivity index (χ1) is 7.75. The molecule has 1 aliphatic heterocycles. The summed E-state index contributed by atoms with van der Waals surface area (Å²) >= 11 is 0. The Labute approximate surface area is 96.2 Å². The van der Waals surface area contributed by atoms with Crippen molar-refractivity contribution >= 4 is 0 Å². The molecule has 2 unspecified atom stereocenters. The molecule has 90 valence electrons. The lowest BCUT2D eigenvalue weighted by molar-refractivity contribution is 0.146. The molecule has 0 radical (unpaired) electrons. The van der Waals surface area contributed by atoms with Gasteiger partial charge in [0, 0.05) is 13.1 Å². The van der Waals surface area contributed by atoms with E-state index in [-0.39, 0.29) is 0 Å². The van der Waals surface area contributed by atoms with Crippen LogP contribution >= 0.6 is 0 Å². The molecule has 1 aliphatic rings. The number of nitrogens with one attached hydrogen (secondary N) is 1. The van der Waals surface area contributed by atoms with Crippen LogP contribution in [0, 0.1) is 5.92 Å². The monoisotopic (exact) mass is 224 g/mol. The molecular weight excluding hydrogens is 204 g/mol. The first kappa shape index (κ1) is 11.6. The highest BCUT2D eigenvalue weighted by molar-refractivity contribution is 5.02. The Kier molecular flexibility index (Phi) is 3.98. The van der Waals surface area contributed by atoms with Gasteiger partial charge in [-0.05, 0) is 44.6 Å². The van der Waals surface area contributed by atoms with Crippen molar-refractivity contribution < 1.29 is 9.52 Å². The third-order valence-corrected chi connectivity index (χ3v) is 3.13. The first-order valence-corrected chi connectivity index (χ1v) is 5.86. The van der Waals surface area contributed by atoms with Crippen LogP contribution < -0.4 is 5.32 Å². The molecule has 0 saturated carbocycles. The van der Waals surface area contributed by atoms with Gasteiger partial charge >= 0.3 is 0 Å². The second-order valence-electron chi connectivity index (χ2n) is 4.61. The van der Waals surface area contributed by atoms with Crippen molar-refractivity contribution in [1.29, 1.82) is 0 Å². The fraction of sp³-hybridized carbons (Fsp3) is 0.667. The number of rotatable bonds is 5. The fourth-order valence-electron chi connectivity index (χ4n) is 2.20. The van der Waals surface area contributed by atoms with Crippen LogP contribution in [0.5, 0.6) is 0 Å². The average molecular weight is 224 g/mol. The molecule has 16 heavy (non-hydrogen) atoms. The van der Waals surface area contributed by atoms with Crippen molar-refractivity contribution in [3.8, 4) is 0 Å². The molecule has 2 atom stereocenters. The first-order valence-electron chi connectivity index (χ1n) is 5.86. The SMILES string of the molecule is CN1CCC(CNCC(O)c2ccco2)C1. The van der Waals surface area contributed by atoms with Gasteiger partial charge in [0.05, 0.1) is 6.26 Å². The van der Waals surface area contributed by atoms with E-state index in [2.05, 4.69) is 17.3 Å².